The molecule has 1 aliphatic rings. The predicted octanol–water partition coefficient (Wildman–Crippen LogP) is 2.91. The molecule has 0 unspecified atom stereocenters. The van der Waals surface area contributed by atoms with Gasteiger partial charge in [-0.1, -0.05) is 18.2 Å². The first kappa shape index (κ1) is 16.1. The van der Waals surface area contributed by atoms with Gasteiger partial charge < -0.3 is 19.2 Å². The van der Waals surface area contributed by atoms with Crippen LogP contribution in [0.2, 0.25) is 0 Å². The minimum absolute atomic E-state index is 0.0754. The fourth-order valence-corrected chi connectivity index (χ4v) is 2.76. The number of nitrogens with zero attached hydrogens (tertiary/aromatic N) is 1. The van der Waals surface area contributed by atoms with Crippen LogP contribution in [0.25, 0.3) is 0 Å². The maximum absolute atomic E-state index is 12.3. The maximum atomic E-state index is 12.3. The first-order valence-corrected chi connectivity index (χ1v) is 7.94. The number of hydrogen-bond donors (Lipinski definition) is 1. The Labute approximate surface area is 139 Å². The average molecular weight is 329 g/mol. The molecule has 1 amide bonds. The lowest BCUT2D eigenvalue weighted by Crippen LogP contribution is -2.39. The van der Waals surface area contributed by atoms with E-state index in [0.717, 1.165) is 18.6 Å². The van der Waals surface area contributed by atoms with Crippen molar-refractivity contribution >= 4 is 11.9 Å². The van der Waals surface area contributed by atoms with Crippen LogP contribution in [0.4, 0.5) is 0 Å². The molecular weight excluding hydrogens is 310 g/mol. The van der Waals surface area contributed by atoms with Crippen LogP contribution in [0.1, 0.15) is 34.0 Å². The highest BCUT2D eigenvalue weighted by Crippen LogP contribution is 2.21. The summed E-state index contributed by atoms with van der Waals surface area (Å²) >= 11 is 0. The Morgan fingerprint density at radius 2 is 1.75 bits per heavy atom. The third-order valence-electron chi connectivity index (χ3n) is 4.16. The van der Waals surface area contributed by atoms with Crippen molar-refractivity contribution in [3.8, 4) is 5.75 Å². The fourth-order valence-electron chi connectivity index (χ4n) is 2.76. The Balaban J connectivity index is 1.49. The molecule has 0 aliphatic carbocycles. The SMILES string of the molecule is O=C(O)c1ccc(C(=O)N2CCC(COc3ccccc3)CC2)o1. The molecular formula is C18H19NO5. The highest BCUT2D eigenvalue weighted by atomic mass is 16.5. The minimum atomic E-state index is -1.18. The van der Waals surface area contributed by atoms with Crippen molar-refractivity contribution < 1.29 is 23.8 Å². The Morgan fingerprint density at radius 1 is 1.08 bits per heavy atom. The van der Waals surface area contributed by atoms with E-state index >= 15 is 0 Å². The van der Waals surface area contributed by atoms with Crippen molar-refractivity contribution in [1.29, 1.82) is 0 Å². The molecule has 126 valence electrons. The molecule has 0 spiro atoms. The standard InChI is InChI=1S/C18H19NO5/c20-17(15-6-7-16(24-15)18(21)22)19-10-8-13(9-11-19)12-23-14-4-2-1-3-5-14/h1-7,13H,8-12H2,(H,21,22). The van der Waals surface area contributed by atoms with Gasteiger partial charge in [-0.2, -0.15) is 0 Å². The molecule has 1 fully saturated rings. The summed E-state index contributed by atoms with van der Waals surface area (Å²) in [7, 11) is 0. The molecule has 3 rings (SSSR count). The third-order valence-corrected chi connectivity index (χ3v) is 4.16. The number of likely N-dealkylation sites (tertiary alicyclic amines) is 1. The molecule has 1 N–H and O–H groups in total. The summed E-state index contributed by atoms with van der Waals surface area (Å²) in [4.78, 5) is 24.8. The number of benzene rings is 1. The highest BCUT2D eigenvalue weighted by Gasteiger charge is 2.26. The zero-order chi connectivity index (χ0) is 16.9. The first-order chi connectivity index (χ1) is 11.6. The molecule has 1 aromatic heterocycles. The number of carboxylic acid groups (broad SMARTS) is 1. The second-order valence-corrected chi connectivity index (χ2v) is 5.83. The number of carboxylic acids is 1. The number of rotatable bonds is 5. The number of aromatic carboxylic acids is 1. The van der Waals surface area contributed by atoms with E-state index in [-0.39, 0.29) is 17.4 Å². The van der Waals surface area contributed by atoms with Crippen LogP contribution < -0.4 is 4.74 Å². The van der Waals surface area contributed by atoms with Gasteiger partial charge in [-0.3, -0.25) is 4.79 Å². The number of furan rings is 1. The van der Waals surface area contributed by atoms with Gasteiger partial charge >= 0.3 is 5.97 Å². The van der Waals surface area contributed by atoms with E-state index in [1.165, 1.54) is 12.1 Å². The summed E-state index contributed by atoms with van der Waals surface area (Å²) in [6, 6.07) is 12.4. The van der Waals surface area contributed by atoms with Crippen molar-refractivity contribution in [3.05, 3.63) is 54.0 Å². The topological polar surface area (TPSA) is 80.0 Å². The molecule has 6 nitrogen and oxygen atoms in total. The van der Waals surface area contributed by atoms with Crippen molar-refractivity contribution in [2.24, 2.45) is 5.92 Å². The summed E-state index contributed by atoms with van der Waals surface area (Å²) in [5, 5.41) is 8.85. The van der Waals surface area contributed by atoms with Crippen LogP contribution in [-0.2, 0) is 0 Å². The minimum Gasteiger partial charge on any atom is -0.493 e. The van der Waals surface area contributed by atoms with Crippen molar-refractivity contribution in [3.63, 3.8) is 0 Å². The van der Waals surface area contributed by atoms with E-state index in [1.807, 2.05) is 30.3 Å². The number of piperidine rings is 1. The Morgan fingerprint density at radius 3 is 2.38 bits per heavy atom. The molecule has 0 saturated carbocycles. The third kappa shape index (κ3) is 3.76. The monoisotopic (exact) mass is 329 g/mol. The lowest BCUT2D eigenvalue weighted by atomic mass is 9.97. The molecule has 0 atom stereocenters. The van der Waals surface area contributed by atoms with Gasteiger partial charge in [0.15, 0.2) is 5.76 Å². The molecule has 24 heavy (non-hydrogen) atoms. The Kier molecular flexibility index (Phi) is 4.84. The quantitative estimate of drug-likeness (QED) is 0.912. The Hall–Kier alpha value is -2.76. The average Bonchev–Trinajstić information content (AvgIpc) is 3.11. The molecule has 1 saturated heterocycles. The smallest absolute Gasteiger partial charge is 0.371 e. The molecule has 6 heteroatoms. The van der Waals surface area contributed by atoms with Gasteiger partial charge in [0.1, 0.15) is 5.75 Å². The van der Waals surface area contributed by atoms with E-state index in [4.69, 9.17) is 14.3 Å². The van der Waals surface area contributed by atoms with Gasteiger partial charge in [0.2, 0.25) is 5.76 Å². The summed E-state index contributed by atoms with van der Waals surface area (Å²) in [5.74, 6) is -0.320. The largest absolute Gasteiger partial charge is 0.493 e. The van der Waals surface area contributed by atoms with Crippen LogP contribution in [0.5, 0.6) is 5.75 Å². The zero-order valence-electron chi connectivity index (χ0n) is 13.2. The van der Waals surface area contributed by atoms with E-state index in [1.54, 1.807) is 4.90 Å². The summed E-state index contributed by atoms with van der Waals surface area (Å²) < 4.78 is 10.8. The molecule has 1 aliphatic heterocycles. The predicted molar refractivity (Wildman–Crippen MR) is 86.2 cm³/mol. The first-order valence-electron chi connectivity index (χ1n) is 7.94. The van der Waals surface area contributed by atoms with Gasteiger partial charge in [0.05, 0.1) is 6.61 Å². The molecule has 0 radical (unpaired) electrons. The van der Waals surface area contributed by atoms with Gasteiger partial charge in [-0.05, 0) is 43.0 Å². The normalized spacial score (nSPS) is 15.2. The molecule has 2 heterocycles. The van der Waals surface area contributed by atoms with Gasteiger partial charge in [0.25, 0.3) is 5.91 Å². The van der Waals surface area contributed by atoms with Crippen LogP contribution >= 0.6 is 0 Å². The summed E-state index contributed by atoms with van der Waals surface area (Å²) in [5.41, 5.74) is 0. The maximum Gasteiger partial charge on any atom is 0.371 e. The number of ether oxygens (including phenoxy) is 1. The molecule has 2 aromatic rings. The van der Waals surface area contributed by atoms with Crippen LogP contribution in [0, 0.1) is 5.92 Å². The number of carbonyl (C=O) groups is 2. The van der Waals surface area contributed by atoms with Gasteiger partial charge in [-0.15, -0.1) is 0 Å². The van der Waals surface area contributed by atoms with Crippen molar-refractivity contribution in [1.82, 2.24) is 4.90 Å². The van der Waals surface area contributed by atoms with E-state index < -0.39 is 5.97 Å². The van der Waals surface area contributed by atoms with E-state index in [0.29, 0.717) is 25.6 Å². The summed E-state index contributed by atoms with van der Waals surface area (Å²) in [6.07, 6.45) is 1.70. The van der Waals surface area contributed by atoms with Gasteiger partial charge in [0, 0.05) is 13.1 Å². The number of carbonyl (C=O) groups excluding carboxylic acids is 1. The van der Waals surface area contributed by atoms with E-state index in [9.17, 15) is 9.59 Å². The Bertz CT molecular complexity index is 701. The number of amides is 1. The fraction of sp³-hybridized carbons (Fsp3) is 0.333. The second kappa shape index (κ2) is 7.21. The second-order valence-electron chi connectivity index (χ2n) is 5.83. The van der Waals surface area contributed by atoms with Crippen molar-refractivity contribution in [2.45, 2.75) is 12.8 Å². The highest BCUT2D eigenvalue weighted by molar-refractivity contribution is 5.93. The van der Waals surface area contributed by atoms with Crippen LogP contribution in [0.15, 0.2) is 46.9 Å². The number of hydrogen-bond acceptors (Lipinski definition) is 4. The van der Waals surface area contributed by atoms with Crippen LogP contribution in [0.3, 0.4) is 0 Å². The lowest BCUT2D eigenvalue weighted by Gasteiger charge is -2.31. The zero-order valence-corrected chi connectivity index (χ0v) is 13.2. The van der Waals surface area contributed by atoms with E-state index in [2.05, 4.69) is 0 Å². The number of para-hydroxylation sites is 1. The molecule has 1 aromatic carbocycles. The molecule has 0 bridgehead atoms. The van der Waals surface area contributed by atoms with Crippen LogP contribution in [-0.4, -0.2) is 41.6 Å². The van der Waals surface area contributed by atoms with Gasteiger partial charge in [-0.25, -0.2) is 4.79 Å². The lowest BCUT2D eigenvalue weighted by molar-refractivity contribution is 0.0611. The van der Waals surface area contributed by atoms with Crippen molar-refractivity contribution in [2.75, 3.05) is 19.7 Å². The summed E-state index contributed by atoms with van der Waals surface area (Å²) in [6.45, 7) is 1.87.